The number of hydrogen-bond acceptors (Lipinski definition) is 5. The maximum atomic E-state index is 4.71. The van der Waals surface area contributed by atoms with Gasteiger partial charge >= 0.3 is 0 Å². The summed E-state index contributed by atoms with van der Waals surface area (Å²) in [5.74, 6) is 1.91. The Kier molecular flexibility index (Phi) is 3.44. The summed E-state index contributed by atoms with van der Waals surface area (Å²) in [6.45, 7) is 4.87. The Morgan fingerprint density at radius 3 is 2.65 bits per heavy atom. The van der Waals surface area contributed by atoms with Crippen molar-refractivity contribution in [3.05, 3.63) is 41.7 Å². The molecule has 6 heteroatoms. The van der Waals surface area contributed by atoms with E-state index in [-0.39, 0.29) is 5.92 Å². The van der Waals surface area contributed by atoms with Gasteiger partial charge in [0, 0.05) is 12.0 Å². The fourth-order valence-electron chi connectivity index (χ4n) is 2.52. The number of nitrogens with one attached hydrogen (secondary N) is 1. The predicted octanol–water partition coefficient (Wildman–Crippen LogP) is 2.97. The molecular weight excluding hydrogens is 288 g/mol. The second-order valence-corrected chi connectivity index (χ2v) is 6.41. The Balaban J connectivity index is 1.77. The largest absolute Gasteiger partial charge is 0.365 e. The molecule has 0 bridgehead atoms. The van der Waals surface area contributed by atoms with E-state index >= 15 is 0 Å². The zero-order chi connectivity index (χ0) is 15.8. The molecule has 1 aliphatic rings. The minimum Gasteiger partial charge on any atom is -0.365 e. The molecule has 2 aromatic heterocycles. The second-order valence-electron chi connectivity index (χ2n) is 6.41. The molecule has 1 aliphatic carbocycles. The van der Waals surface area contributed by atoms with Gasteiger partial charge in [0.05, 0.1) is 6.54 Å². The van der Waals surface area contributed by atoms with Gasteiger partial charge in [-0.3, -0.25) is 0 Å². The van der Waals surface area contributed by atoms with Crippen LogP contribution in [-0.4, -0.2) is 31.0 Å². The summed E-state index contributed by atoms with van der Waals surface area (Å²) in [7, 11) is 0. The number of benzene rings is 1. The lowest BCUT2D eigenvalue weighted by molar-refractivity contribution is 0.660. The summed E-state index contributed by atoms with van der Waals surface area (Å²) in [6, 6.07) is 10.8. The number of aromatic nitrogens is 5. The topological polar surface area (TPSA) is 68.5 Å². The van der Waals surface area contributed by atoms with Crippen LogP contribution in [-0.2, 0) is 6.54 Å². The van der Waals surface area contributed by atoms with E-state index in [1.165, 1.54) is 18.4 Å². The third kappa shape index (κ3) is 2.88. The highest BCUT2D eigenvalue weighted by molar-refractivity contribution is 5.82. The quantitative estimate of drug-likeness (QED) is 0.785. The van der Waals surface area contributed by atoms with Crippen molar-refractivity contribution in [2.75, 3.05) is 5.32 Å². The van der Waals surface area contributed by atoms with Crippen LogP contribution in [0.3, 0.4) is 0 Å². The van der Waals surface area contributed by atoms with Crippen LogP contribution in [0.2, 0.25) is 0 Å². The Morgan fingerprint density at radius 2 is 1.96 bits per heavy atom. The lowest BCUT2D eigenvalue weighted by Crippen LogP contribution is -2.09. The van der Waals surface area contributed by atoms with Crippen LogP contribution in [0.1, 0.15) is 44.0 Å². The van der Waals surface area contributed by atoms with Gasteiger partial charge in [0.25, 0.3) is 0 Å². The summed E-state index contributed by atoms with van der Waals surface area (Å²) in [4.78, 5) is 9.37. The van der Waals surface area contributed by atoms with Crippen LogP contribution in [0, 0.1) is 0 Å². The predicted molar refractivity (Wildman–Crippen MR) is 89.4 cm³/mol. The lowest BCUT2D eigenvalue weighted by atomic mass is 10.2. The number of hydrogen-bond donors (Lipinski definition) is 1. The average Bonchev–Trinajstić information content (AvgIpc) is 3.28. The smallest absolute Gasteiger partial charge is 0.184 e. The Labute approximate surface area is 135 Å². The number of anilines is 1. The molecule has 0 spiro atoms. The van der Waals surface area contributed by atoms with Crippen LogP contribution in [0.25, 0.3) is 11.2 Å². The zero-order valence-corrected chi connectivity index (χ0v) is 13.4. The van der Waals surface area contributed by atoms with Crippen molar-refractivity contribution in [3.8, 4) is 0 Å². The minimum atomic E-state index is 0.263. The SMILES string of the molecule is CC(C)c1nc(NC2CC2)c2nnn(Cc3ccccc3)c2n1. The Bertz CT molecular complexity index is 820. The Hall–Kier alpha value is -2.50. The maximum absolute atomic E-state index is 4.71. The van der Waals surface area contributed by atoms with Gasteiger partial charge in [-0.25, -0.2) is 14.6 Å². The molecule has 0 amide bonds. The molecule has 0 atom stereocenters. The van der Waals surface area contributed by atoms with Gasteiger partial charge in [0.15, 0.2) is 17.0 Å². The van der Waals surface area contributed by atoms with Crippen molar-refractivity contribution in [1.82, 2.24) is 25.0 Å². The van der Waals surface area contributed by atoms with E-state index in [9.17, 15) is 0 Å². The summed E-state index contributed by atoms with van der Waals surface area (Å²) in [5, 5.41) is 12.1. The summed E-state index contributed by atoms with van der Waals surface area (Å²) >= 11 is 0. The average molecular weight is 308 g/mol. The molecular formula is C17H20N6. The summed E-state index contributed by atoms with van der Waals surface area (Å²) in [6.07, 6.45) is 2.39. The van der Waals surface area contributed by atoms with Gasteiger partial charge in [-0.05, 0) is 18.4 Å². The highest BCUT2D eigenvalue weighted by Crippen LogP contribution is 2.28. The molecule has 4 rings (SSSR count). The van der Waals surface area contributed by atoms with Crippen LogP contribution in [0.15, 0.2) is 30.3 Å². The van der Waals surface area contributed by atoms with E-state index < -0.39 is 0 Å². The first-order valence-corrected chi connectivity index (χ1v) is 8.12. The van der Waals surface area contributed by atoms with E-state index in [1.54, 1.807) is 0 Å². The number of rotatable bonds is 5. The molecule has 1 N–H and O–H groups in total. The molecule has 0 aliphatic heterocycles. The minimum absolute atomic E-state index is 0.263. The standard InChI is InChI=1S/C17H20N6/c1-11(2)15-19-16(18-13-8-9-13)14-17(20-15)23(22-21-14)10-12-6-4-3-5-7-12/h3-7,11,13H,8-10H2,1-2H3,(H,18,19,20). The van der Waals surface area contributed by atoms with E-state index in [4.69, 9.17) is 4.98 Å². The van der Waals surface area contributed by atoms with Gasteiger partial charge in [0.2, 0.25) is 0 Å². The fourth-order valence-corrected chi connectivity index (χ4v) is 2.52. The van der Waals surface area contributed by atoms with Gasteiger partial charge in [0.1, 0.15) is 5.82 Å². The fraction of sp³-hybridized carbons (Fsp3) is 0.412. The maximum Gasteiger partial charge on any atom is 0.184 e. The van der Waals surface area contributed by atoms with E-state index in [1.807, 2.05) is 22.9 Å². The van der Waals surface area contributed by atoms with Crippen molar-refractivity contribution in [3.63, 3.8) is 0 Å². The molecule has 0 unspecified atom stereocenters. The van der Waals surface area contributed by atoms with Crippen molar-refractivity contribution in [2.45, 2.75) is 45.2 Å². The van der Waals surface area contributed by atoms with Gasteiger partial charge in [-0.1, -0.05) is 49.4 Å². The van der Waals surface area contributed by atoms with Crippen LogP contribution < -0.4 is 5.32 Å². The molecule has 23 heavy (non-hydrogen) atoms. The van der Waals surface area contributed by atoms with Crippen molar-refractivity contribution >= 4 is 17.0 Å². The molecule has 1 fully saturated rings. The summed E-state index contributed by atoms with van der Waals surface area (Å²) < 4.78 is 1.86. The van der Waals surface area contributed by atoms with Crippen molar-refractivity contribution in [2.24, 2.45) is 0 Å². The highest BCUT2D eigenvalue weighted by Gasteiger charge is 2.24. The Morgan fingerprint density at radius 1 is 1.17 bits per heavy atom. The molecule has 1 saturated carbocycles. The highest BCUT2D eigenvalue weighted by atomic mass is 15.4. The van der Waals surface area contributed by atoms with Crippen LogP contribution in [0.4, 0.5) is 5.82 Å². The number of fused-ring (bicyclic) bond motifs is 1. The molecule has 0 radical (unpaired) electrons. The first kappa shape index (κ1) is 14.1. The molecule has 6 nitrogen and oxygen atoms in total. The molecule has 0 saturated heterocycles. The van der Waals surface area contributed by atoms with Gasteiger partial charge in [-0.15, -0.1) is 5.10 Å². The molecule has 1 aromatic carbocycles. The zero-order valence-electron chi connectivity index (χ0n) is 13.4. The van der Waals surface area contributed by atoms with Crippen molar-refractivity contribution in [1.29, 1.82) is 0 Å². The van der Waals surface area contributed by atoms with Gasteiger partial charge in [-0.2, -0.15) is 0 Å². The summed E-state index contributed by atoms with van der Waals surface area (Å²) in [5.41, 5.74) is 2.74. The lowest BCUT2D eigenvalue weighted by Gasteiger charge is -2.09. The van der Waals surface area contributed by atoms with Crippen molar-refractivity contribution < 1.29 is 0 Å². The van der Waals surface area contributed by atoms with E-state index in [0.29, 0.717) is 12.6 Å². The first-order chi connectivity index (χ1) is 11.2. The number of nitrogens with zero attached hydrogens (tertiary/aromatic N) is 5. The van der Waals surface area contributed by atoms with E-state index in [0.717, 1.165) is 22.8 Å². The van der Waals surface area contributed by atoms with E-state index in [2.05, 4.69) is 46.6 Å². The normalized spacial score (nSPS) is 14.6. The van der Waals surface area contributed by atoms with Crippen LogP contribution >= 0.6 is 0 Å². The second kappa shape index (κ2) is 5.61. The van der Waals surface area contributed by atoms with Crippen LogP contribution in [0.5, 0.6) is 0 Å². The molecule has 3 aromatic rings. The molecule has 118 valence electrons. The third-order valence-electron chi connectivity index (χ3n) is 3.99. The first-order valence-electron chi connectivity index (χ1n) is 8.12. The molecule has 2 heterocycles. The van der Waals surface area contributed by atoms with Gasteiger partial charge < -0.3 is 5.32 Å². The third-order valence-corrected chi connectivity index (χ3v) is 3.99. The monoisotopic (exact) mass is 308 g/mol.